The lowest BCUT2D eigenvalue weighted by Crippen LogP contribution is -1.97. The first kappa shape index (κ1) is 59.9. The Bertz CT molecular complexity index is 6710. The number of benzene rings is 14. The summed E-state index contributed by atoms with van der Waals surface area (Å²) in [6, 6.07) is 126. The zero-order valence-electron chi connectivity index (χ0n) is 55.6. The number of rotatable bonds is 10. The van der Waals surface area contributed by atoms with E-state index in [9.17, 15) is 0 Å². The largest absolute Gasteiger partial charge is 0.308 e. The molecule has 21 rings (SSSR count). The van der Waals surface area contributed by atoms with Crippen molar-refractivity contribution in [2.45, 2.75) is 0 Å². The van der Waals surface area contributed by atoms with Gasteiger partial charge in [0.05, 0.1) is 48.5 Å². The van der Waals surface area contributed by atoms with Crippen molar-refractivity contribution in [2.75, 3.05) is 0 Å². The summed E-state index contributed by atoms with van der Waals surface area (Å²) in [7, 11) is 0. The molecule has 0 aliphatic heterocycles. The number of imidazole rings is 1. The van der Waals surface area contributed by atoms with Gasteiger partial charge in [0.1, 0.15) is 5.65 Å². The molecular weight excluding hydrogens is 1290 g/mol. The van der Waals surface area contributed by atoms with Gasteiger partial charge in [0, 0.05) is 98.5 Å². The molecule has 0 saturated heterocycles. The van der Waals surface area contributed by atoms with E-state index >= 15 is 0 Å². The van der Waals surface area contributed by atoms with Gasteiger partial charge in [0.2, 0.25) is 0 Å². The molecule has 8 heteroatoms. The Kier molecular flexibility index (Phi) is 14.5. The molecule has 7 aromatic heterocycles. The Balaban J connectivity index is 0.000000140. The fourth-order valence-electron chi connectivity index (χ4n) is 15.1. The molecule has 482 valence electrons. The quantitative estimate of drug-likeness (QED) is 0.137. The lowest BCUT2D eigenvalue weighted by molar-refractivity contribution is 1.17. The van der Waals surface area contributed by atoms with Gasteiger partial charge in [-0.15, -0.1) is 22.7 Å². The molecule has 6 nitrogen and oxygen atoms in total. The third-order valence-corrected chi connectivity index (χ3v) is 22.6. The summed E-state index contributed by atoms with van der Waals surface area (Å²) < 4.78 is 12.2. The number of nitrogens with zero attached hydrogens (tertiary/aromatic N) is 6. The van der Waals surface area contributed by atoms with Crippen LogP contribution in [0.5, 0.6) is 0 Å². The summed E-state index contributed by atoms with van der Waals surface area (Å²) in [5, 5.41) is 10.2. The minimum absolute atomic E-state index is 0.713. The van der Waals surface area contributed by atoms with E-state index in [-0.39, 0.29) is 0 Å². The van der Waals surface area contributed by atoms with Crippen molar-refractivity contribution in [1.29, 1.82) is 0 Å². The van der Waals surface area contributed by atoms with Crippen LogP contribution >= 0.6 is 22.7 Å². The SMILES string of the molecule is c1ccc(-c2ccc3sc4c(ccc5c6cc(-c7ccccc7)ccc6n(-c6ccc(-c7cc(-c8ccccc8)nc(-c8ccccc8)n7)cc6)c54)c3c2)cc1.c1ccc(-c2ccc3sc4c(ccc5c6cc(-c7ccccc7)ccc6n(-c6ccc(-c7cn8ccccc8n7)cc6)c54)c3c2)cc1. The second kappa shape index (κ2) is 25.0. The van der Waals surface area contributed by atoms with Gasteiger partial charge in [-0.3, -0.25) is 0 Å². The summed E-state index contributed by atoms with van der Waals surface area (Å²) in [5.74, 6) is 0.713. The summed E-state index contributed by atoms with van der Waals surface area (Å²) in [5.41, 5.74) is 24.9. The Hall–Kier alpha value is -13.1. The maximum atomic E-state index is 5.11. The number of pyridine rings is 1. The van der Waals surface area contributed by atoms with Crippen LogP contribution in [-0.4, -0.2) is 28.5 Å². The van der Waals surface area contributed by atoms with Crippen LogP contribution in [-0.2, 0) is 0 Å². The molecule has 0 aliphatic rings. The van der Waals surface area contributed by atoms with E-state index in [2.05, 4.69) is 329 Å². The van der Waals surface area contributed by atoms with Gasteiger partial charge in [-0.05, 0) is 136 Å². The van der Waals surface area contributed by atoms with Crippen molar-refractivity contribution in [3.05, 3.63) is 364 Å². The summed E-state index contributed by atoms with van der Waals surface area (Å²) in [6.45, 7) is 0. The fourth-order valence-corrected chi connectivity index (χ4v) is 17.6. The summed E-state index contributed by atoms with van der Waals surface area (Å²) >= 11 is 3.77. The Morgan fingerprint density at radius 3 is 1.01 bits per heavy atom. The van der Waals surface area contributed by atoms with Crippen molar-refractivity contribution in [2.24, 2.45) is 0 Å². The molecule has 0 N–H and O–H groups in total. The normalized spacial score (nSPS) is 11.7. The Morgan fingerprint density at radius 1 is 0.233 bits per heavy atom. The standard InChI is InChI=1S/C52H33N3S.C43H27N3S/c1-5-13-34(14-6-1)39-23-29-48-44(31-39)42-27-28-43-45-32-40(35-15-7-2-8-16-35)24-30-49(45)56-51(43)50(42)55(48)41-25-21-37(22-26-41)47-33-46(36-17-9-3-10-18-36)53-52(54-47)38-19-11-4-12-20-38;1-3-9-28(10-4-1)31-16-22-39-36(25-31)34-20-21-35-37-26-32(29-11-5-2-6-12-29)17-23-40(37)47-43(35)42(34)46(39)33-18-14-30(15-19-33)38-27-45-24-8-7-13-41(45)44-38/h1-33H;1-27H. The smallest absolute Gasteiger partial charge is 0.160 e. The van der Waals surface area contributed by atoms with Crippen LogP contribution in [0.3, 0.4) is 0 Å². The molecule has 0 amide bonds. The predicted octanol–water partition coefficient (Wildman–Crippen LogP) is 26.1. The predicted molar refractivity (Wildman–Crippen MR) is 435 cm³/mol. The van der Waals surface area contributed by atoms with E-state index in [1.165, 1.54) is 128 Å². The van der Waals surface area contributed by atoms with E-state index in [0.29, 0.717) is 5.82 Å². The second-order valence-electron chi connectivity index (χ2n) is 26.3. The molecule has 0 spiro atoms. The van der Waals surface area contributed by atoms with Crippen LogP contribution < -0.4 is 0 Å². The molecule has 14 aromatic carbocycles. The van der Waals surface area contributed by atoms with Crippen LogP contribution in [0.1, 0.15) is 0 Å². The number of aromatic nitrogens is 6. The van der Waals surface area contributed by atoms with E-state index < -0.39 is 0 Å². The highest BCUT2D eigenvalue weighted by Crippen LogP contribution is 2.48. The molecule has 0 aliphatic carbocycles. The minimum Gasteiger partial charge on any atom is -0.308 e. The molecule has 0 unspecified atom stereocenters. The maximum Gasteiger partial charge on any atom is 0.160 e. The first-order valence-electron chi connectivity index (χ1n) is 34.8. The van der Waals surface area contributed by atoms with E-state index in [4.69, 9.17) is 15.0 Å². The third-order valence-electron chi connectivity index (χ3n) is 20.2. The maximum absolute atomic E-state index is 5.11. The highest BCUT2D eigenvalue weighted by atomic mass is 32.1. The van der Waals surface area contributed by atoms with Gasteiger partial charge < -0.3 is 13.5 Å². The van der Waals surface area contributed by atoms with Gasteiger partial charge in [-0.1, -0.05) is 261 Å². The summed E-state index contributed by atoms with van der Waals surface area (Å²) in [6.07, 6.45) is 4.14. The van der Waals surface area contributed by atoms with Crippen molar-refractivity contribution >= 4 is 112 Å². The summed E-state index contributed by atoms with van der Waals surface area (Å²) in [4.78, 5) is 15.0. The van der Waals surface area contributed by atoms with Crippen LogP contribution in [0.4, 0.5) is 0 Å². The highest BCUT2D eigenvalue weighted by molar-refractivity contribution is 7.27. The van der Waals surface area contributed by atoms with Crippen LogP contribution in [0.2, 0.25) is 0 Å². The van der Waals surface area contributed by atoms with Gasteiger partial charge in [0.15, 0.2) is 5.82 Å². The number of hydrogen-bond acceptors (Lipinski definition) is 5. The van der Waals surface area contributed by atoms with Gasteiger partial charge in [-0.25, -0.2) is 15.0 Å². The fraction of sp³-hybridized carbons (Fsp3) is 0. The van der Waals surface area contributed by atoms with Crippen LogP contribution in [0.25, 0.3) is 191 Å². The van der Waals surface area contributed by atoms with Gasteiger partial charge >= 0.3 is 0 Å². The average molecular weight is 1350 g/mol. The number of fused-ring (bicyclic) bond motifs is 15. The third kappa shape index (κ3) is 10.6. The minimum atomic E-state index is 0.713. The van der Waals surface area contributed by atoms with Crippen molar-refractivity contribution < 1.29 is 0 Å². The van der Waals surface area contributed by atoms with E-state index in [1.54, 1.807) is 0 Å². The monoisotopic (exact) mass is 1350 g/mol. The van der Waals surface area contributed by atoms with E-state index in [0.717, 1.165) is 56.4 Å². The van der Waals surface area contributed by atoms with Crippen LogP contribution in [0, 0.1) is 0 Å². The van der Waals surface area contributed by atoms with E-state index in [1.807, 2.05) is 71.3 Å². The molecule has 0 bridgehead atoms. The molecule has 0 fully saturated rings. The van der Waals surface area contributed by atoms with Crippen molar-refractivity contribution in [3.63, 3.8) is 0 Å². The highest BCUT2D eigenvalue weighted by Gasteiger charge is 2.23. The average Bonchev–Trinajstić information content (AvgIpc) is 1.56. The zero-order chi connectivity index (χ0) is 67.9. The van der Waals surface area contributed by atoms with Crippen LogP contribution in [0.15, 0.2) is 364 Å². The Labute approximate surface area is 601 Å². The first-order chi connectivity index (χ1) is 51.0. The number of hydrogen-bond donors (Lipinski definition) is 0. The molecule has 7 heterocycles. The van der Waals surface area contributed by atoms with Gasteiger partial charge in [-0.2, -0.15) is 0 Å². The first-order valence-corrected chi connectivity index (χ1v) is 36.4. The lowest BCUT2D eigenvalue weighted by Gasteiger charge is -2.12. The zero-order valence-corrected chi connectivity index (χ0v) is 57.3. The van der Waals surface area contributed by atoms with Crippen molar-refractivity contribution in [1.82, 2.24) is 28.5 Å². The molecular formula is C95H60N6S2. The van der Waals surface area contributed by atoms with Crippen molar-refractivity contribution in [3.8, 4) is 101 Å². The Morgan fingerprint density at radius 2 is 0.583 bits per heavy atom. The van der Waals surface area contributed by atoms with Gasteiger partial charge in [0.25, 0.3) is 0 Å². The molecule has 21 aromatic rings. The molecule has 103 heavy (non-hydrogen) atoms. The molecule has 0 atom stereocenters. The lowest BCUT2D eigenvalue weighted by atomic mass is 10.0. The molecule has 0 radical (unpaired) electrons. The molecule has 0 saturated carbocycles. The topological polar surface area (TPSA) is 52.9 Å². The second-order valence-corrected chi connectivity index (χ2v) is 28.4. The number of thiophene rings is 2.